The van der Waals surface area contributed by atoms with E-state index in [1.165, 1.54) is 6.07 Å². The number of anilines is 1. The monoisotopic (exact) mass is 488 g/mol. The van der Waals surface area contributed by atoms with E-state index in [2.05, 4.69) is 10.1 Å². The standard InChI is InChI=1S/C27H25FN4O4/c1-34-20-12-10-19(11-13-20)26-29-27(36-30-26)21-6-2-5-9-24(21)35-18-25(33)32-16-14-31(15-17-32)23-8-4-3-7-22(23)28/h2-13H,14-18H2,1H3. The summed E-state index contributed by atoms with van der Waals surface area (Å²) in [7, 11) is 1.61. The van der Waals surface area contributed by atoms with Crippen molar-refractivity contribution in [1.82, 2.24) is 15.0 Å². The van der Waals surface area contributed by atoms with Crippen molar-refractivity contribution in [2.75, 3.05) is 44.8 Å². The van der Waals surface area contributed by atoms with Crippen LogP contribution in [0, 0.1) is 5.82 Å². The molecule has 9 heteroatoms. The molecule has 4 aromatic rings. The minimum absolute atomic E-state index is 0.129. The maximum absolute atomic E-state index is 14.1. The van der Waals surface area contributed by atoms with E-state index in [0.29, 0.717) is 54.9 Å². The molecule has 3 aromatic carbocycles. The Labute approximate surface area is 207 Å². The largest absolute Gasteiger partial charge is 0.497 e. The fraction of sp³-hybridized carbons (Fsp3) is 0.222. The number of para-hydroxylation sites is 2. The first-order valence-electron chi connectivity index (χ1n) is 11.6. The Balaban J connectivity index is 1.21. The van der Waals surface area contributed by atoms with Crippen LogP contribution in [0.1, 0.15) is 0 Å². The van der Waals surface area contributed by atoms with Crippen molar-refractivity contribution in [2.24, 2.45) is 0 Å². The van der Waals surface area contributed by atoms with Gasteiger partial charge in [0.2, 0.25) is 5.82 Å². The topological polar surface area (TPSA) is 80.9 Å². The molecule has 0 bridgehead atoms. The van der Waals surface area contributed by atoms with Gasteiger partial charge in [0.15, 0.2) is 6.61 Å². The zero-order chi connectivity index (χ0) is 24.9. The van der Waals surface area contributed by atoms with Gasteiger partial charge in [-0.25, -0.2) is 4.39 Å². The van der Waals surface area contributed by atoms with Gasteiger partial charge >= 0.3 is 0 Å². The summed E-state index contributed by atoms with van der Waals surface area (Å²) in [6, 6.07) is 21.2. The molecule has 0 spiro atoms. The van der Waals surface area contributed by atoms with Crippen molar-refractivity contribution < 1.29 is 23.2 Å². The Hall–Kier alpha value is -4.40. The van der Waals surface area contributed by atoms with Crippen LogP contribution in [-0.4, -0.2) is 60.8 Å². The highest BCUT2D eigenvalue weighted by Crippen LogP contribution is 2.30. The van der Waals surface area contributed by atoms with Gasteiger partial charge in [-0.3, -0.25) is 4.79 Å². The molecule has 1 saturated heterocycles. The summed E-state index contributed by atoms with van der Waals surface area (Å²) in [4.78, 5) is 21.0. The van der Waals surface area contributed by atoms with Gasteiger partial charge in [-0.15, -0.1) is 0 Å². The van der Waals surface area contributed by atoms with Crippen molar-refractivity contribution in [3.8, 4) is 34.3 Å². The van der Waals surface area contributed by atoms with Crippen LogP contribution in [-0.2, 0) is 4.79 Å². The van der Waals surface area contributed by atoms with Crippen molar-refractivity contribution in [3.63, 3.8) is 0 Å². The van der Waals surface area contributed by atoms with Crippen LogP contribution < -0.4 is 14.4 Å². The number of benzene rings is 3. The summed E-state index contributed by atoms with van der Waals surface area (Å²) < 4.78 is 30.6. The number of aromatic nitrogens is 2. The third-order valence-electron chi connectivity index (χ3n) is 6.07. The highest BCUT2D eigenvalue weighted by atomic mass is 19.1. The lowest BCUT2D eigenvalue weighted by Crippen LogP contribution is -2.50. The molecule has 1 aromatic heterocycles. The van der Waals surface area contributed by atoms with Gasteiger partial charge in [-0.1, -0.05) is 29.4 Å². The number of carbonyl (C=O) groups excluding carboxylic acids is 1. The van der Waals surface area contributed by atoms with Crippen molar-refractivity contribution in [2.45, 2.75) is 0 Å². The molecule has 0 radical (unpaired) electrons. The van der Waals surface area contributed by atoms with Gasteiger partial charge < -0.3 is 23.8 Å². The molecule has 5 rings (SSSR count). The lowest BCUT2D eigenvalue weighted by atomic mass is 10.2. The quantitative estimate of drug-likeness (QED) is 0.384. The molecule has 0 saturated carbocycles. The average Bonchev–Trinajstić information content (AvgIpc) is 3.42. The maximum Gasteiger partial charge on any atom is 0.262 e. The van der Waals surface area contributed by atoms with Gasteiger partial charge in [0, 0.05) is 31.7 Å². The van der Waals surface area contributed by atoms with E-state index in [0.717, 1.165) is 11.3 Å². The summed E-state index contributed by atoms with van der Waals surface area (Å²) in [6.07, 6.45) is 0. The third-order valence-corrected chi connectivity index (χ3v) is 6.07. The Kier molecular flexibility index (Phi) is 6.79. The van der Waals surface area contributed by atoms with Crippen LogP contribution in [0.5, 0.6) is 11.5 Å². The molecule has 1 fully saturated rings. The van der Waals surface area contributed by atoms with E-state index in [4.69, 9.17) is 14.0 Å². The van der Waals surface area contributed by atoms with Crippen LogP contribution in [0.4, 0.5) is 10.1 Å². The first-order valence-corrected chi connectivity index (χ1v) is 11.6. The summed E-state index contributed by atoms with van der Waals surface area (Å²) in [5, 5.41) is 4.08. The number of nitrogens with zero attached hydrogens (tertiary/aromatic N) is 4. The van der Waals surface area contributed by atoms with Gasteiger partial charge in [0.1, 0.15) is 17.3 Å². The Morgan fingerprint density at radius 2 is 1.69 bits per heavy atom. The summed E-state index contributed by atoms with van der Waals surface area (Å²) in [6.45, 7) is 1.97. The molecule has 0 unspecified atom stereocenters. The maximum atomic E-state index is 14.1. The fourth-order valence-electron chi connectivity index (χ4n) is 4.10. The van der Waals surface area contributed by atoms with E-state index in [1.54, 1.807) is 36.3 Å². The highest BCUT2D eigenvalue weighted by molar-refractivity contribution is 5.78. The van der Waals surface area contributed by atoms with Gasteiger partial charge in [0.25, 0.3) is 11.8 Å². The smallest absolute Gasteiger partial charge is 0.262 e. The second-order valence-electron chi connectivity index (χ2n) is 8.26. The number of ether oxygens (including phenoxy) is 2. The first-order chi connectivity index (χ1) is 17.6. The first kappa shape index (κ1) is 23.3. The van der Waals surface area contributed by atoms with Crippen molar-refractivity contribution in [1.29, 1.82) is 0 Å². The van der Waals surface area contributed by atoms with E-state index < -0.39 is 0 Å². The highest BCUT2D eigenvalue weighted by Gasteiger charge is 2.23. The Morgan fingerprint density at radius 1 is 0.972 bits per heavy atom. The molecule has 2 heterocycles. The van der Waals surface area contributed by atoms with Crippen LogP contribution in [0.25, 0.3) is 22.8 Å². The number of piperazine rings is 1. The number of halogens is 1. The van der Waals surface area contributed by atoms with Gasteiger partial charge in [-0.05, 0) is 48.5 Å². The summed E-state index contributed by atoms with van der Waals surface area (Å²) in [5.41, 5.74) is 1.94. The molecule has 0 aliphatic carbocycles. The number of carbonyl (C=O) groups is 1. The minimum Gasteiger partial charge on any atom is -0.497 e. The minimum atomic E-state index is -0.256. The number of hydrogen-bond donors (Lipinski definition) is 0. The molecule has 0 atom stereocenters. The predicted octanol–water partition coefficient (Wildman–Crippen LogP) is 4.28. The summed E-state index contributed by atoms with van der Waals surface area (Å²) >= 11 is 0. The number of rotatable bonds is 7. The fourth-order valence-corrected chi connectivity index (χ4v) is 4.10. The third kappa shape index (κ3) is 5.00. The van der Waals surface area contributed by atoms with Crippen molar-refractivity contribution in [3.05, 3.63) is 78.6 Å². The van der Waals surface area contributed by atoms with Crippen LogP contribution in [0.2, 0.25) is 0 Å². The van der Waals surface area contributed by atoms with Gasteiger partial charge in [0.05, 0.1) is 18.4 Å². The second-order valence-corrected chi connectivity index (χ2v) is 8.26. The lowest BCUT2D eigenvalue weighted by molar-refractivity contribution is -0.133. The molecule has 1 aliphatic rings. The number of methoxy groups -OCH3 is 1. The van der Waals surface area contributed by atoms with Crippen LogP contribution in [0.15, 0.2) is 77.3 Å². The molecule has 184 valence electrons. The number of amides is 1. The normalized spacial score (nSPS) is 13.5. The molecule has 36 heavy (non-hydrogen) atoms. The van der Waals surface area contributed by atoms with Crippen LogP contribution >= 0.6 is 0 Å². The summed E-state index contributed by atoms with van der Waals surface area (Å²) in [5.74, 6) is 1.55. The Morgan fingerprint density at radius 3 is 2.44 bits per heavy atom. The average molecular weight is 489 g/mol. The molecule has 1 aliphatic heterocycles. The number of hydrogen-bond acceptors (Lipinski definition) is 7. The van der Waals surface area contributed by atoms with E-state index in [-0.39, 0.29) is 18.3 Å². The molecular formula is C27H25FN4O4. The second kappa shape index (κ2) is 10.5. The molecular weight excluding hydrogens is 463 g/mol. The molecule has 0 N–H and O–H groups in total. The lowest BCUT2D eigenvalue weighted by Gasteiger charge is -2.36. The SMILES string of the molecule is COc1ccc(-c2noc(-c3ccccc3OCC(=O)N3CCN(c4ccccc4F)CC3)n2)cc1. The van der Waals surface area contributed by atoms with E-state index in [1.807, 2.05) is 47.4 Å². The van der Waals surface area contributed by atoms with Crippen molar-refractivity contribution >= 4 is 11.6 Å². The zero-order valence-corrected chi connectivity index (χ0v) is 19.8. The molecule has 8 nitrogen and oxygen atoms in total. The Bertz CT molecular complexity index is 1330. The van der Waals surface area contributed by atoms with Gasteiger partial charge in [-0.2, -0.15) is 4.98 Å². The van der Waals surface area contributed by atoms with E-state index in [9.17, 15) is 9.18 Å². The zero-order valence-electron chi connectivity index (χ0n) is 19.8. The molecule has 1 amide bonds. The van der Waals surface area contributed by atoms with Crippen LogP contribution in [0.3, 0.4) is 0 Å². The predicted molar refractivity (Wildman–Crippen MR) is 132 cm³/mol. The van der Waals surface area contributed by atoms with E-state index >= 15 is 0 Å².